The van der Waals surface area contributed by atoms with E-state index in [1.807, 2.05) is 31.2 Å². The van der Waals surface area contributed by atoms with Crippen molar-refractivity contribution >= 4 is 33.9 Å². The SMILES string of the molecule is Cc1ccc(/C=C/C(=O)O[C@@H](C)C(=O)N(C)CCC#N)c(Br)c1. The number of carbonyl (C=O) groups is 2. The van der Waals surface area contributed by atoms with Gasteiger partial charge >= 0.3 is 5.97 Å². The van der Waals surface area contributed by atoms with Crippen molar-refractivity contribution in [1.29, 1.82) is 5.26 Å². The number of esters is 1. The average molecular weight is 379 g/mol. The number of ether oxygens (including phenoxy) is 1. The van der Waals surface area contributed by atoms with E-state index < -0.39 is 12.1 Å². The van der Waals surface area contributed by atoms with E-state index in [0.29, 0.717) is 6.54 Å². The van der Waals surface area contributed by atoms with E-state index in [-0.39, 0.29) is 12.3 Å². The Morgan fingerprint density at radius 3 is 2.78 bits per heavy atom. The molecule has 0 heterocycles. The van der Waals surface area contributed by atoms with Gasteiger partial charge in [-0.25, -0.2) is 4.79 Å². The summed E-state index contributed by atoms with van der Waals surface area (Å²) in [6.07, 6.45) is 2.26. The van der Waals surface area contributed by atoms with Crippen molar-refractivity contribution in [3.05, 3.63) is 39.9 Å². The van der Waals surface area contributed by atoms with E-state index in [9.17, 15) is 9.59 Å². The molecule has 1 rings (SSSR count). The summed E-state index contributed by atoms with van der Waals surface area (Å²) in [7, 11) is 1.57. The van der Waals surface area contributed by atoms with Crippen molar-refractivity contribution < 1.29 is 14.3 Å². The minimum atomic E-state index is -0.891. The molecule has 23 heavy (non-hydrogen) atoms. The number of aryl methyl sites for hydroxylation is 1. The highest BCUT2D eigenvalue weighted by atomic mass is 79.9. The highest BCUT2D eigenvalue weighted by Crippen LogP contribution is 2.19. The monoisotopic (exact) mass is 378 g/mol. The molecule has 0 radical (unpaired) electrons. The average Bonchev–Trinajstić information content (AvgIpc) is 2.50. The molecule has 0 bridgehead atoms. The maximum atomic E-state index is 12.0. The molecule has 0 aliphatic rings. The van der Waals surface area contributed by atoms with Gasteiger partial charge in [0.1, 0.15) is 0 Å². The van der Waals surface area contributed by atoms with E-state index in [2.05, 4.69) is 15.9 Å². The summed E-state index contributed by atoms with van der Waals surface area (Å²) >= 11 is 3.42. The van der Waals surface area contributed by atoms with Crippen LogP contribution >= 0.6 is 15.9 Å². The number of amides is 1. The molecule has 0 saturated heterocycles. The van der Waals surface area contributed by atoms with E-state index >= 15 is 0 Å². The molecule has 0 aromatic heterocycles. The first-order valence-electron chi connectivity index (χ1n) is 7.12. The smallest absolute Gasteiger partial charge is 0.331 e. The van der Waals surface area contributed by atoms with E-state index in [1.54, 1.807) is 13.1 Å². The van der Waals surface area contributed by atoms with Gasteiger partial charge in [0.2, 0.25) is 0 Å². The van der Waals surface area contributed by atoms with Crippen LogP contribution in [0, 0.1) is 18.3 Å². The summed E-state index contributed by atoms with van der Waals surface area (Å²) < 4.78 is 5.96. The third-order valence-corrected chi connectivity index (χ3v) is 3.82. The molecule has 0 aliphatic heterocycles. The van der Waals surface area contributed by atoms with Crippen molar-refractivity contribution in [2.24, 2.45) is 0 Å². The number of nitrogens with zero attached hydrogens (tertiary/aromatic N) is 2. The number of rotatable bonds is 6. The van der Waals surface area contributed by atoms with Crippen molar-refractivity contribution in [3.63, 3.8) is 0 Å². The van der Waals surface area contributed by atoms with Crippen LogP contribution in [0.5, 0.6) is 0 Å². The first kappa shape index (κ1) is 18.9. The quantitative estimate of drug-likeness (QED) is 0.563. The number of hydrogen-bond acceptors (Lipinski definition) is 4. The molecular weight excluding hydrogens is 360 g/mol. The zero-order chi connectivity index (χ0) is 17.4. The highest BCUT2D eigenvalue weighted by Gasteiger charge is 2.20. The minimum Gasteiger partial charge on any atom is -0.449 e. The second-order valence-electron chi connectivity index (χ2n) is 5.11. The molecule has 5 nitrogen and oxygen atoms in total. The summed E-state index contributed by atoms with van der Waals surface area (Å²) in [6, 6.07) is 7.73. The Balaban J connectivity index is 2.60. The summed E-state index contributed by atoms with van der Waals surface area (Å²) in [5.41, 5.74) is 1.95. The predicted octanol–water partition coefficient (Wildman–Crippen LogP) is 3.07. The van der Waals surface area contributed by atoms with E-state index in [1.165, 1.54) is 17.9 Å². The number of nitriles is 1. The maximum absolute atomic E-state index is 12.0. The Hall–Kier alpha value is -2.13. The van der Waals surface area contributed by atoms with Crippen LogP contribution in [0.2, 0.25) is 0 Å². The topological polar surface area (TPSA) is 70.4 Å². The van der Waals surface area contributed by atoms with Gasteiger partial charge < -0.3 is 9.64 Å². The zero-order valence-corrected chi connectivity index (χ0v) is 15.0. The zero-order valence-electron chi connectivity index (χ0n) is 13.4. The molecule has 0 spiro atoms. The van der Waals surface area contributed by atoms with Gasteiger partial charge in [0.15, 0.2) is 6.10 Å². The normalized spacial score (nSPS) is 11.8. The Morgan fingerprint density at radius 2 is 2.17 bits per heavy atom. The molecule has 1 atom stereocenters. The van der Waals surface area contributed by atoms with Crippen LogP contribution in [-0.2, 0) is 14.3 Å². The van der Waals surface area contributed by atoms with Crippen molar-refractivity contribution in [3.8, 4) is 6.07 Å². The van der Waals surface area contributed by atoms with Gasteiger partial charge in [0, 0.05) is 24.1 Å². The fraction of sp³-hybridized carbons (Fsp3) is 0.353. The second-order valence-corrected chi connectivity index (χ2v) is 5.96. The van der Waals surface area contributed by atoms with Crippen molar-refractivity contribution in [1.82, 2.24) is 4.90 Å². The summed E-state index contributed by atoms with van der Waals surface area (Å²) in [5.74, 6) is -0.925. The lowest BCUT2D eigenvalue weighted by Gasteiger charge is -2.19. The molecule has 0 N–H and O–H groups in total. The van der Waals surface area contributed by atoms with Crippen LogP contribution in [0.1, 0.15) is 24.5 Å². The first-order chi connectivity index (χ1) is 10.8. The third kappa shape index (κ3) is 6.25. The second kappa shape index (κ2) is 9.11. The van der Waals surface area contributed by atoms with Crippen LogP contribution in [0.4, 0.5) is 0 Å². The van der Waals surface area contributed by atoms with Gasteiger partial charge in [-0.2, -0.15) is 5.26 Å². The third-order valence-electron chi connectivity index (χ3n) is 3.13. The summed E-state index contributed by atoms with van der Waals surface area (Å²) in [5, 5.41) is 8.51. The Bertz CT molecular complexity index is 650. The summed E-state index contributed by atoms with van der Waals surface area (Å²) in [4.78, 5) is 25.1. The van der Waals surface area contributed by atoms with Gasteiger partial charge in [-0.3, -0.25) is 4.79 Å². The number of carbonyl (C=O) groups excluding carboxylic acids is 2. The van der Waals surface area contributed by atoms with E-state index in [0.717, 1.165) is 15.6 Å². The number of hydrogen-bond donors (Lipinski definition) is 0. The largest absolute Gasteiger partial charge is 0.449 e. The number of halogens is 1. The first-order valence-corrected chi connectivity index (χ1v) is 7.91. The van der Waals surface area contributed by atoms with Crippen LogP contribution < -0.4 is 0 Å². The van der Waals surface area contributed by atoms with Gasteiger partial charge in [-0.1, -0.05) is 28.1 Å². The molecule has 0 fully saturated rings. The Kier molecular flexibility index (Phi) is 7.49. The molecule has 1 aromatic carbocycles. The van der Waals surface area contributed by atoms with Gasteiger partial charge in [-0.15, -0.1) is 0 Å². The fourth-order valence-electron chi connectivity index (χ4n) is 1.83. The fourth-order valence-corrected chi connectivity index (χ4v) is 2.45. The molecular formula is C17H19BrN2O3. The van der Waals surface area contributed by atoms with Gasteiger partial charge in [0.25, 0.3) is 5.91 Å². The van der Waals surface area contributed by atoms with Crippen molar-refractivity contribution in [2.45, 2.75) is 26.4 Å². The van der Waals surface area contributed by atoms with Gasteiger partial charge in [-0.05, 0) is 37.1 Å². The van der Waals surface area contributed by atoms with Crippen LogP contribution in [0.3, 0.4) is 0 Å². The molecule has 1 amide bonds. The minimum absolute atomic E-state index is 0.240. The van der Waals surface area contributed by atoms with Crippen LogP contribution in [0.25, 0.3) is 6.08 Å². The lowest BCUT2D eigenvalue weighted by molar-refractivity contribution is -0.154. The number of likely N-dealkylation sites (N-methyl/N-ethyl adjacent to an activating group) is 1. The van der Waals surface area contributed by atoms with Crippen LogP contribution in [0.15, 0.2) is 28.7 Å². The van der Waals surface area contributed by atoms with Gasteiger partial charge in [0.05, 0.1) is 12.5 Å². The Morgan fingerprint density at radius 1 is 1.48 bits per heavy atom. The van der Waals surface area contributed by atoms with Crippen molar-refractivity contribution in [2.75, 3.05) is 13.6 Å². The molecule has 1 aromatic rings. The maximum Gasteiger partial charge on any atom is 0.331 e. The molecule has 0 unspecified atom stereocenters. The molecule has 0 aliphatic carbocycles. The lowest BCUT2D eigenvalue weighted by Crippen LogP contribution is -2.37. The molecule has 6 heteroatoms. The standard InChI is InChI=1S/C17H19BrN2O3/c1-12-5-6-14(15(18)11-12)7-8-16(21)23-13(2)17(22)20(3)10-4-9-19/h5-8,11,13H,4,10H2,1-3H3/b8-7+/t13-/m0/s1. The van der Waals surface area contributed by atoms with E-state index in [4.69, 9.17) is 10.00 Å². The lowest BCUT2D eigenvalue weighted by atomic mass is 10.1. The predicted molar refractivity (Wildman–Crippen MR) is 91.3 cm³/mol. The molecule has 122 valence electrons. The van der Waals surface area contributed by atoms with Crippen LogP contribution in [-0.4, -0.2) is 36.5 Å². The molecule has 0 saturated carbocycles. The Labute approximate surface area is 144 Å². The number of benzene rings is 1. The summed E-state index contributed by atoms with van der Waals surface area (Å²) in [6.45, 7) is 3.80. The highest BCUT2D eigenvalue weighted by molar-refractivity contribution is 9.10.